The molecule has 1 heterocycles. The summed E-state index contributed by atoms with van der Waals surface area (Å²) in [5, 5.41) is 3.55. The Morgan fingerprint density at radius 1 is 1.50 bits per heavy atom. The van der Waals surface area contributed by atoms with Crippen LogP contribution in [-0.2, 0) is 16.1 Å². The van der Waals surface area contributed by atoms with Gasteiger partial charge in [-0.15, -0.1) is 0 Å². The highest BCUT2D eigenvalue weighted by Gasteiger charge is 2.36. The van der Waals surface area contributed by atoms with Crippen molar-refractivity contribution in [3.63, 3.8) is 0 Å². The van der Waals surface area contributed by atoms with Crippen LogP contribution in [0.1, 0.15) is 25.8 Å². The number of hydrogen-bond donors (Lipinski definition) is 2. The fourth-order valence-corrected chi connectivity index (χ4v) is 2.23. The number of carbonyl (C=O) groups is 1. The highest BCUT2D eigenvalue weighted by molar-refractivity contribution is 5.75. The van der Waals surface area contributed by atoms with Gasteiger partial charge in [0.05, 0.1) is 6.10 Å². The predicted octanol–water partition coefficient (Wildman–Crippen LogP) is 1.21. The van der Waals surface area contributed by atoms with Crippen LogP contribution in [0.25, 0.3) is 0 Å². The summed E-state index contributed by atoms with van der Waals surface area (Å²) >= 11 is 0. The van der Waals surface area contributed by atoms with Crippen molar-refractivity contribution >= 4 is 5.91 Å². The van der Waals surface area contributed by atoms with Crippen LogP contribution in [0, 0.1) is 0 Å². The molecular formula is C15H22N2O3. The fourth-order valence-electron chi connectivity index (χ4n) is 2.23. The van der Waals surface area contributed by atoms with Crippen LogP contribution in [-0.4, -0.2) is 30.8 Å². The molecule has 0 aromatic heterocycles. The zero-order valence-electron chi connectivity index (χ0n) is 12.0. The number of hydrogen-bond acceptors (Lipinski definition) is 4. The summed E-state index contributed by atoms with van der Waals surface area (Å²) in [6.07, 6.45) is 1.24. The number of rotatable bonds is 6. The normalized spacial score (nSPS) is 25.6. The minimum atomic E-state index is -0.473. The lowest BCUT2D eigenvalue weighted by atomic mass is 9.94. The van der Waals surface area contributed by atoms with Gasteiger partial charge in [0.25, 0.3) is 5.91 Å². The third-order valence-corrected chi connectivity index (χ3v) is 3.89. The summed E-state index contributed by atoms with van der Waals surface area (Å²) in [6.45, 7) is 5.78. The lowest BCUT2D eigenvalue weighted by Gasteiger charge is -2.29. The molecule has 2 atom stereocenters. The largest absolute Gasteiger partial charge is 0.484 e. The van der Waals surface area contributed by atoms with E-state index >= 15 is 0 Å². The number of primary amides is 1. The second-order valence-corrected chi connectivity index (χ2v) is 5.43. The average Bonchev–Trinajstić information content (AvgIpc) is 2.76. The summed E-state index contributed by atoms with van der Waals surface area (Å²) < 4.78 is 10.8. The Balaban J connectivity index is 1.86. The molecule has 1 saturated heterocycles. The molecule has 5 nitrogen and oxygen atoms in total. The van der Waals surface area contributed by atoms with Crippen LogP contribution in [0.3, 0.4) is 0 Å². The van der Waals surface area contributed by atoms with E-state index in [2.05, 4.69) is 19.2 Å². The smallest absolute Gasteiger partial charge is 0.255 e. The lowest BCUT2D eigenvalue weighted by molar-refractivity contribution is -0.119. The summed E-state index contributed by atoms with van der Waals surface area (Å²) in [5.41, 5.74) is 6.22. The van der Waals surface area contributed by atoms with Gasteiger partial charge in [0, 0.05) is 18.7 Å². The molecule has 0 saturated carbocycles. The molecule has 0 bridgehead atoms. The van der Waals surface area contributed by atoms with Crippen LogP contribution in [0.5, 0.6) is 5.75 Å². The van der Waals surface area contributed by atoms with E-state index in [1.807, 2.05) is 24.3 Å². The van der Waals surface area contributed by atoms with Gasteiger partial charge in [-0.3, -0.25) is 4.79 Å². The summed E-state index contributed by atoms with van der Waals surface area (Å²) in [7, 11) is 0. The van der Waals surface area contributed by atoms with Crippen molar-refractivity contribution in [3.8, 4) is 5.75 Å². The molecule has 1 aliphatic rings. The first kappa shape index (κ1) is 14.8. The van der Waals surface area contributed by atoms with Gasteiger partial charge in [-0.05, 0) is 38.0 Å². The Kier molecular flexibility index (Phi) is 4.62. The Hall–Kier alpha value is -1.59. The second-order valence-electron chi connectivity index (χ2n) is 5.43. The third-order valence-electron chi connectivity index (χ3n) is 3.89. The zero-order chi connectivity index (χ0) is 14.6. The summed E-state index contributed by atoms with van der Waals surface area (Å²) in [4.78, 5) is 10.6. The Morgan fingerprint density at radius 2 is 2.20 bits per heavy atom. The van der Waals surface area contributed by atoms with Gasteiger partial charge in [0.15, 0.2) is 6.61 Å². The summed E-state index contributed by atoms with van der Waals surface area (Å²) in [5.74, 6) is 0.176. The SMILES string of the molecule is CC1OCCC1(C)NCc1ccc(OCC(N)=O)cc1. The van der Waals surface area contributed by atoms with E-state index in [-0.39, 0.29) is 18.2 Å². The van der Waals surface area contributed by atoms with Crippen molar-refractivity contribution in [2.75, 3.05) is 13.2 Å². The second kappa shape index (κ2) is 6.24. The predicted molar refractivity (Wildman–Crippen MR) is 76.4 cm³/mol. The van der Waals surface area contributed by atoms with E-state index in [1.165, 1.54) is 0 Å². The molecule has 0 aliphatic carbocycles. The molecule has 5 heteroatoms. The quantitative estimate of drug-likeness (QED) is 0.820. The van der Waals surface area contributed by atoms with Crippen molar-refractivity contribution in [2.24, 2.45) is 5.73 Å². The molecule has 2 unspecified atom stereocenters. The molecule has 110 valence electrons. The monoisotopic (exact) mass is 278 g/mol. The number of carbonyl (C=O) groups excluding carboxylic acids is 1. The van der Waals surface area contributed by atoms with Gasteiger partial charge in [-0.2, -0.15) is 0 Å². The molecule has 1 aliphatic heterocycles. The van der Waals surface area contributed by atoms with Crippen molar-refractivity contribution < 1.29 is 14.3 Å². The van der Waals surface area contributed by atoms with Crippen LogP contribution in [0.15, 0.2) is 24.3 Å². The lowest BCUT2D eigenvalue weighted by Crippen LogP contribution is -2.47. The van der Waals surface area contributed by atoms with Crippen molar-refractivity contribution in [1.82, 2.24) is 5.32 Å². The maximum atomic E-state index is 10.6. The first-order chi connectivity index (χ1) is 9.49. The molecule has 2 rings (SSSR count). The number of amides is 1. The maximum Gasteiger partial charge on any atom is 0.255 e. The van der Waals surface area contributed by atoms with E-state index in [1.54, 1.807) is 0 Å². The van der Waals surface area contributed by atoms with E-state index in [0.717, 1.165) is 25.1 Å². The van der Waals surface area contributed by atoms with Gasteiger partial charge >= 0.3 is 0 Å². The number of nitrogens with one attached hydrogen (secondary N) is 1. The third kappa shape index (κ3) is 3.71. The van der Waals surface area contributed by atoms with Gasteiger partial charge < -0.3 is 20.5 Å². The minimum Gasteiger partial charge on any atom is -0.484 e. The molecular weight excluding hydrogens is 256 g/mol. The van der Waals surface area contributed by atoms with Gasteiger partial charge in [0.2, 0.25) is 0 Å². The Labute approximate surface area is 119 Å². The van der Waals surface area contributed by atoms with Gasteiger partial charge in [-0.25, -0.2) is 0 Å². The first-order valence-corrected chi connectivity index (χ1v) is 6.86. The van der Waals surface area contributed by atoms with E-state index in [9.17, 15) is 4.79 Å². The van der Waals surface area contributed by atoms with Crippen molar-refractivity contribution in [1.29, 1.82) is 0 Å². The van der Waals surface area contributed by atoms with Gasteiger partial charge in [-0.1, -0.05) is 12.1 Å². The molecule has 1 aromatic rings. The van der Waals surface area contributed by atoms with Crippen molar-refractivity contribution in [2.45, 2.75) is 38.5 Å². The molecule has 3 N–H and O–H groups in total. The van der Waals surface area contributed by atoms with Crippen molar-refractivity contribution in [3.05, 3.63) is 29.8 Å². The van der Waals surface area contributed by atoms with Crippen LogP contribution < -0.4 is 15.8 Å². The molecule has 0 spiro atoms. The zero-order valence-corrected chi connectivity index (χ0v) is 12.0. The number of nitrogens with two attached hydrogens (primary N) is 1. The molecule has 0 radical (unpaired) electrons. The highest BCUT2D eigenvalue weighted by Crippen LogP contribution is 2.25. The topological polar surface area (TPSA) is 73.6 Å². The average molecular weight is 278 g/mol. The summed E-state index contributed by atoms with van der Waals surface area (Å²) in [6, 6.07) is 7.65. The van der Waals surface area contributed by atoms with E-state index in [4.69, 9.17) is 15.2 Å². The molecule has 1 aromatic carbocycles. The highest BCUT2D eigenvalue weighted by atomic mass is 16.5. The van der Waals surface area contributed by atoms with Crippen LogP contribution in [0.2, 0.25) is 0 Å². The fraction of sp³-hybridized carbons (Fsp3) is 0.533. The number of ether oxygens (including phenoxy) is 2. The Morgan fingerprint density at radius 3 is 2.75 bits per heavy atom. The molecule has 20 heavy (non-hydrogen) atoms. The van der Waals surface area contributed by atoms with E-state index < -0.39 is 5.91 Å². The first-order valence-electron chi connectivity index (χ1n) is 6.86. The molecule has 1 amide bonds. The van der Waals surface area contributed by atoms with Crippen LogP contribution >= 0.6 is 0 Å². The Bertz CT molecular complexity index is 461. The van der Waals surface area contributed by atoms with Crippen LogP contribution in [0.4, 0.5) is 0 Å². The maximum absolute atomic E-state index is 10.6. The number of benzene rings is 1. The standard InChI is InChI=1S/C15H22N2O3/c1-11-15(2,7-8-19-11)17-9-12-3-5-13(6-4-12)20-10-14(16)18/h3-6,11,17H,7-10H2,1-2H3,(H2,16,18). The minimum absolute atomic E-state index is 0.0289. The van der Waals surface area contributed by atoms with E-state index in [0.29, 0.717) is 5.75 Å². The van der Waals surface area contributed by atoms with Gasteiger partial charge in [0.1, 0.15) is 5.75 Å². The molecule has 1 fully saturated rings.